The number of benzene rings is 9. The van der Waals surface area contributed by atoms with Gasteiger partial charge in [-0.05, 0) is 91.0 Å². The summed E-state index contributed by atoms with van der Waals surface area (Å²) in [6.07, 6.45) is 0. The van der Waals surface area contributed by atoms with Crippen LogP contribution in [0.3, 0.4) is 0 Å². The van der Waals surface area contributed by atoms with Gasteiger partial charge < -0.3 is 0 Å². The summed E-state index contributed by atoms with van der Waals surface area (Å²) in [5.41, 5.74) is 9.72. The van der Waals surface area contributed by atoms with E-state index in [2.05, 4.69) is 176 Å². The number of aromatic nitrogens is 2. The number of rotatable bonds is 5. The first-order chi connectivity index (χ1) is 27.2. The van der Waals surface area contributed by atoms with Crippen molar-refractivity contribution in [3.63, 3.8) is 0 Å². The molecule has 0 bridgehead atoms. The Morgan fingerprint density at radius 1 is 0.291 bits per heavy atom. The summed E-state index contributed by atoms with van der Waals surface area (Å²) in [5, 5.41) is 10.2. The van der Waals surface area contributed by atoms with Crippen LogP contribution in [0.1, 0.15) is 0 Å². The van der Waals surface area contributed by atoms with Gasteiger partial charge in [0.2, 0.25) is 0 Å². The van der Waals surface area contributed by atoms with Crippen LogP contribution in [0.5, 0.6) is 0 Å². The number of hydrogen-bond acceptors (Lipinski definition) is 3. The summed E-state index contributed by atoms with van der Waals surface area (Å²) >= 11 is 1.84. The van der Waals surface area contributed by atoms with Gasteiger partial charge in [-0.3, -0.25) is 0 Å². The number of hydrogen-bond donors (Lipinski definition) is 0. The summed E-state index contributed by atoms with van der Waals surface area (Å²) in [6, 6.07) is 69.8. The van der Waals surface area contributed by atoms with Gasteiger partial charge in [0.15, 0.2) is 5.82 Å². The molecule has 2 aromatic heterocycles. The third-order valence-electron chi connectivity index (χ3n) is 10.9. The molecule has 55 heavy (non-hydrogen) atoms. The van der Waals surface area contributed by atoms with Gasteiger partial charge in [-0.2, -0.15) is 0 Å². The molecule has 0 aliphatic rings. The highest BCUT2D eigenvalue weighted by atomic mass is 32.1. The van der Waals surface area contributed by atoms with Gasteiger partial charge in [0.05, 0.1) is 11.4 Å². The maximum absolute atomic E-state index is 5.28. The van der Waals surface area contributed by atoms with Gasteiger partial charge in [-0.1, -0.05) is 158 Å². The first kappa shape index (κ1) is 31.6. The Morgan fingerprint density at radius 2 is 0.818 bits per heavy atom. The van der Waals surface area contributed by atoms with Crippen LogP contribution in [-0.2, 0) is 0 Å². The average Bonchev–Trinajstić information content (AvgIpc) is 3.65. The van der Waals surface area contributed by atoms with Gasteiger partial charge in [0.1, 0.15) is 0 Å². The fourth-order valence-electron chi connectivity index (χ4n) is 8.25. The van der Waals surface area contributed by atoms with Crippen molar-refractivity contribution in [1.82, 2.24) is 9.97 Å². The third-order valence-corrected chi connectivity index (χ3v) is 12.0. The van der Waals surface area contributed by atoms with E-state index in [0.717, 1.165) is 33.6 Å². The zero-order chi connectivity index (χ0) is 36.3. The summed E-state index contributed by atoms with van der Waals surface area (Å²) < 4.78 is 2.50. The molecule has 0 N–H and O–H groups in total. The van der Waals surface area contributed by atoms with E-state index in [4.69, 9.17) is 9.97 Å². The summed E-state index contributed by atoms with van der Waals surface area (Å²) in [7, 11) is 0. The van der Waals surface area contributed by atoms with Crippen molar-refractivity contribution in [1.29, 1.82) is 0 Å². The molecule has 0 saturated carbocycles. The van der Waals surface area contributed by atoms with Crippen molar-refractivity contribution in [3.8, 4) is 56.2 Å². The number of fused-ring (bicyclic) bond motifs is 9. The van der Waals surface area contributed by atoms with Gasteiger partial charge in [0.25, 0.3) is 0 Å². The van der Waals surface area contributed by atoms with Crippen LogP contribution in [0.2, 0.25) is 0 Å². The number of nitrogens with zero attached hydrogens (tertiary/aromatic N) is 2. The SMILES string of the molecule is c1ccc(-c2cccc(-c3cc(-c4cccc5sc6ccc(-c7ccc8c9ccccc9c9ccccc9c8c7)cc6c45)nc(-c4ccccc4)n3)c2)cc1. The molecule has 0 atom stereocenters. The second-order valence-corrected chi connectivity index (χ2v) is 15.2. The largest absolute Gasteiger partial charge is 0.228 e. The zero-order valence-electron chi connectivity index (χ0n) is 29.8. The first-order valence-corrected chi connectivity index (χ1v) is 19.5. The van der Waals surface area contributed by atoms with E-state index in [0.29, 0.717) is 5.82 Å². The fraction of sp³-hybridized carbons (Fsp3) is 0. The molecule has 0 aliphatic carbocycles. The lowest BCUT2D eigenvalue weighted by Gasteiger charge is -2.12. The Balaban J connectivity index is 1.10. The Hall–Kier alpha value is -6.94. The second kappa shape index (κ2) is 12.9. The quantitative estimate of drug-likeness (QED) is 0.166. The molecule has 0 radical (unpaired) electrons. The average molecular weight is 717 g/mol. The van der Waals surface area contributed by atoms with Crippen molar-refractivity contribution >= 4 is 63.8 Å². The Morgan fingerprint density at radius 3 is 1.55 bits per heavy atom. The lowest BCUT2D eigenvalue weighted by atomic mass is 9.92. The molecule has 3 heteroatoms. The third kappa shape index (κ3) is 5.40. The van der Waals surface area contributed by atoms with Crippen molar-refractivity contribution in [2.45, 2.75) is 0 Å². The van der Waals surface area contributed by atoms with Crippen molar-refractivity contribution in [2.24, 2.45) is 0 Å². The molecule has 2 heterocycles. The van der Waals surface area contributed by atoms with Crippen LogP contribution in [0.25, 0.3) is 109 Å². The minimum absolute atomic E-state index is 0.714. The maximum atomic E-state index is 5.28. The van der Waals surface area contributed by atoms with Gasteiger partial charge in [-0.25, -0.2) is 9.97 Å². The first-order valence-electron chi connectivity index (χ1n) is 18.6. The van der Waals surface area contributed by atoms with E-state index in [1.807, 2.05) is 29.5 Å². The van der Waals surface area contributed by atoms with Crippen LogP contribution in [-0.4, -0.2) is 9.97 Å². The van der Waals surface area contributed by atoms with Gasteiger partial charge in [-0.15, -0.1) is 11.3 Å². The molecule has 256 valence electrons. The van der Waals surface area contributed by atoms with Crippen molar-refractivity contribution in [3.05, 3.63) is 194 Å². The molecule has 11 aromatic rings. The maximum Gasteiger partial charge on any atom is 0.160 e. The predicted molar refractivity (Wildman–Crippen MR) is 235 cm³/mol. The standard InChI is InChI=1S/C52H32N2S/c1-3-13-33(14-4-1)35-17-11-18-38(29-35)47-32-48(54-52(53-47)34-15-5-2-6-16-34)44-23-12-24-50-51(44)46-31-37(26-28-49(46)55-50)36-25-27-43-41-21-8-7-19-39(41)40-20-9-10-22-42(40)45(43)30-36/h1-32H. The van der Waals surface area contributed by atoms with Crippen LogP contribution >= 0.6 is 11.3 Å². The molecule has 0 spiro atoms. The highest BCUT2D eigenvalue weighted by Gasteiger charge is 2.17. The van der Waals surface area contributed by atoms with Crippen molar-refractivity contribution < 1.29 is 0 Å². The molecule has 0 aliphatic heterocycles. The van der Waals surface area contributed by atoms with E-state index in [9.17, 15) is 0 Å². The molecular formula is C52H32N2S. The summed E-state index contributed by atoms with van der Waals surface area (Å²) in [6.45, 7) is 0. The van der Waals surface area contributed by atoms with Crippen LogP contribution in [0.15, 0.2) is 194 Å². The van der Waals surface area contributed by atoms with E-state index in [1.165, 1.54) is 69.2 Å². The van der Waals surface area contributed by atoms with E-state index < -0.39 is 0 Å². The normalized spacial score (nSPS) is 11.6. The smallest absolute Gasteiger partial charge is 0.160 e. The predicted octanol–water partition coefficient (Wildman–Crippen LogP) is 14.6. The molecular weight excluding hydrogens is 685 g/mol. The summed E-state index contributed by atoms with van der Waals surface area (Å²) in [4.78, 5) is 10.5. The molecule has 2 nitrogen and oxygen atoms in total. The molecule has 9 aromatic carbocycles. The lowest BCUT2D eigenvalue weighted by Crippen LogP contribution is -1.96. The Bertz CT molecular complexity index is 3220. The van der Waals surface area contributed by atoms with Gasteiger partial charge >= 0.3 is 0 Å². The zero-order valence-corrected chi connectivity index (χ0v) is 30.6. The van der Waals surface area contributed by atoms with Crippen LogP contribution in [0.4, 0.5) is 0 Å². The molecule has 11 rings (SSSR count). The molecule has 0 unspecified atom stereocenters. The highest BCUT2D eigenvalue weighted by molar-refractivity contribution is 7.26. The minimum atomic E-state index is 0.714. The van der Waals surface area contributed by atoms with E-state index >= 15 is 0 Å². The highest BCUT2D eigenvalue weighted by Crippen LogP contribution is 2.43. The monoisotopic (exact) mass is 716 g/mol. The van der Waals surface area contributed by atoms with Gasteiger partial charge in [0, 0.05) is 36.9 Å². The molecule has 0 amide bonds. The Kier molecular flexibility index (Phi) is 7.39. The van der Waals surface area contributed by atoms with E-state index in [1.54, 1.807) is 0 Å². The van der Waals surface area contributed by atoms with E-state index in [-0.39, 0.29) is 0 Å². The minimum Gasteiger partial charge on any atom is -0.228 e. The lowest BCUT2D eigenvalue weighted by molar-refractivity contribution is 1.19. The second-order valence-electron chi connectivity index (χ2n) is 14.1. The van der Waals surface area contributed by atoms with Crippen LogP contribution in [0, 0.1) is 0 Å². The van der Waals surface area contributed by atoms with Crippen molar-refractivity contribution in [2.75, 3.05) is 0 Å². The topological polar surface area (TPSA) is 25.8 Å². The molecule has 0 fully saturated rings. The molecule has 0 saturated heterocycles. The fourth-order valence-corrected chi connectivity index (χ4v) is 9.36. The summed E-state index contributed by atoms with van der Waals surface area (Å²) in [5.74, 6) is 0.714. The van der Waals surface area contributed by atoms with Crippen LogP contribution < -0.4 is 0 Å². The Labute approximate surface area is 322 Å². The number of thiophene rings is 1.